The molecule has 140 valence electrons. The Labute approximate surface area is 157 Å². The van der Waals surface area contributed by atoms with E-state index in [1.807, 2.05) is 37.3 Å². The van der Waals surface area contributed by atoms with Crippen molar-refractivity contribution in [3.8, 4) is 5.75 Å². The molecular formula is C20H21N3O4. The fraction of sp³-hybridized carbons (Fsp3) is 0.250. The predicted molar refractivity (Wildman–Crippen MR) is 99.9 cm³/mol. The van der Waals surface area contributed by atoms with Crippen LogP contribution in [0.1, 0.15) is 18.9 Å². The Hall–Kier alpha value is -3.19. The molecule has 1 fully saturated rings. The predicted octanol–water partition coefficient (Wildman–Crippen LogP) is 1.58. The first-order valence-electron chi connectivity index (χ1n) is 8.76. The minimum absolute atomic E-state index is 0.0162. The number of carbonyl (C=O) groups is 3. The van der Waals surface area contributed by atoms with Gasteiger partial charge >= 0.3 is 0 Å². The number of rotatable bonds is 7. The number of nitrogens with one attached hydrogen (secondary N) is 2. The number of imide groups is 1. The van der Waals surface area contributed by atoms with Gasteiger partial charge in [0.05, 0.1) is 25.1 Å². The molecule has 0 saturated carbocycles. The summed E-state index contributed by atoms with van der Waals surface area (Å²) >= 11 is 0. The van der Waals surface area contributed by atoms with Gasteiger partial charge in [0.15, 0.2) is 0 Å². The molecule has 7 heteroatoms. The first-order valence-corrected chi connectivity index (χ1v) is 8.76. The van der Waals surface area contributed by atoms with Gasteiger partial charge in [0.25, 0.3) is 5.91 Å². The summed E-state index contributed by atoms with van der Waals surface area (Å²) in [6, 6.07) is 15.2. The van der Waals surface area contributed by atoms with E-state index < -0.39 is 11.9 Å². The number of anilines is 1. The lowest BCUT2D eigenvalue weighted by Gasteiger charge is -2.16. The number of nitrogens with zero attached hydrogens (tertiary/aromatic N) is 1. The largest absolute Gasteiger partial charge is 0.494 e. The third-order valence-electron chi connectivity index (χ3n) is 4.15. The Balaban J connectivity index is 1.58. The van der Waals surface area contributed by atoms with Gasteiger partial charge in [0.1, 0.15) is 11.8 Å². The van der Waals surface area contributed by atoms with Crippen LogP contribution >= 0.6 is 0 Å². The molecule has 1 unspecified atom stereocenters. The highest BCUT2D eigenvalue weighted by atomic mass is 16.5. The fourth-order valence-corrected chi connectivity index (χ4v) is 2.87. The van der Waals surface area contributed by atoms with E-state index >= 15 is 0 Å². The van der Waals surface area contributed by atoms with Crippen molar-refractivity contribution in [1.82, 2.24) is 10.9 Å². The molecule has 0 spiro atoms. The number of ether oxygens (including phenoxy) is 1. The van der Waals surface area contributed by atoms with E-state index in [2.05, 4.69) is 10.9 Å². The highest BCUT2D eigenvalue weighted by Gasteiger charge is 2.39. The van der Waals surface area contributed by atoms with Crippen LogP contribution in [0.4, 0.5) is 5.69 Å². The van der Waals surface area contributed by atoms with E-state index in [0.29, 0.717) is 18.0 Å². The number of hydrogen-bond donors (Lipinski definition) is 2. The summed E-state index contributed by atoms with van der Waals surface area (Å²) in [6.45, 7) is 2.42. The normalized spacial score (nSPS) is 16.5. The average Bonchev–Trinajstić information content (AvgIpc) is 2.95. The van der Waals surface area contributed by atoms with Crippen molar-refractivity contribution in [3.63, 3.8) is 0 Å². The van der Waals surface area contributed by atoms with Crippen LogP contribution in [0.15, 0.2) is 54.6 Å². The molecule has 3 rings (SSSR count). The summed E-state index contributed by atoms with van der Waals surface area (Å²) in [5, 5.41) is 0. The van der Waals surface area contributed by atoms with Crippen LogP contribution in [0, 0.1) is 0 Å². The quantitative estimate of drug-likeness (QED) is 0.573. The summed E-state index contributed by atoms with van der Waals surface area (Å²) in [5.74, 6) is -0.327. The Morgan fingerprint density at radius 1 is 1.11 bits per heavy atom. The van der Waals surface area contributed by atoms with Gasteiger partial charge in [-0.3, -0.25) is 19.8 Å². The lowest BCUT2D eigenvalue weighted by Crippen LogP contribution is -2.48. The molecule has 1 heterocycles. The van der Waals surface area contributed by atoms with Gasteiger partial charge < -0.3 is 4.74 Å². The number of amides is 3. The van der Waals surface area contributed by atoms with E-state index in [0.717, 1.165) is 10.5 Å². The molecule has 2 aromatic carbocycles. The molecule has 0 bridgehead atoms. The third-order valence-corrected chi connectivity index (χ3v) is 4.15. The number of hydrogen-bond acceptors (Lipinski definition) is 5. The van der Waals surface area contributed by atoms with Crippen molar-refractivity contribution >= 4 is 23.4 Å². The van der Waals surface area contributed by atoms with E-state index in [-0.39, 0.29) is 24.7 Å². The highest BCUT2D eigenvalue weighted by molar-refractivity contribution is 6.22. The van der Waals surface area contributed by atoms with Gasteiger partial charge in [-0.2, -0.15) is 0 Å². The molecule has 7 nitrogen and oxygen atoms in total. The smallest absolute Gasteiger partial charge is 0.253 e. The number of carbonyl (C=O) groups excluding carboxylic acids is 3. The lowest BCUT2D eigenvalue weighted by atomic mass is 10.1. The summed E-state index contributed by atoms with van der Waals surface area (Å²) in [4.78, 5) is 38.0. The van der Waals surface area contributed by atoms with Crippen molar-refractivity contribution in [2.75, 3.05) is 11.5 Å². The van der Waals surface area contributed by atoms with Gasteiger partial charge in [-0.15, -0.1) is 0 Å². The van der Waals surface area contributed by atoms with Crippen LogP contribution in [0.25, 0.3) is 0 Å². The van der Waals surface area contributed by atoms with Gasteiger partial charge in [-0.25, -0.2) is 10.3 Å². The molecule has 27 heavy (non-hydrogen) atoms. The molecule has 1 aliphatic rings. The molecular weight excluding hydrogens is 346 g/mol. The summed E-state index contributed by atoms with van der Waals surface area (Å²) in [7, 11) is 0. The zero-order chi connectivity index (χ0) is 19.2. The topological polar surface area (TPSA) is 87.7 Å². The molecule has 0 aliphatic carbocycles. The van der Waals surface area contributed by atoms with Crippen LogP contribution in [-0.2, 0) is 20.8 Å². The average molecular weight is 367 g/mol. The summed E-state index contributed by atoms with van der Waals surface area (Å²) in [5.41, 5.74) is 6.53. The molecule has 2 aromatic rings. The van der Waals surface area contributed by atoms with Crippen molar-refractivity contribution in [2.45, 2.75) is 25.8 Å². The molecule has 0 aromatic heterocycles. The maximum Gasteiger partial charge on any atom is 0.253 e. The van der Waals surface area contributed by atoms with Crippen LogP contribution in [0.2, 0.25) is 0 Å². The molecule has 1 aliphatic heterocycles. The van der Waals surface area contributed by atoms with Crippen LogP contribution < -0.4 is 20.5 Å². The summed E-state index contributed by atoms with van der Waals surface area (Å²) < 4.78 is 5.36. The Morgan fingerprint density at radius 2 is 1.81 bits per heavy atom. The highest BCUT2D eigenvalue weighted by Crippen LogP contribution is 2.25. The van der Waals surface area contributed by atoms with Gasteiger partial charge in [0, 0.05) is 0 Å². The third kappa shape index (κ3) is 4.51. The maximum absolute atomic E-state index is 12.6. The molecule has 2 N–H and O–H groups in total. The standard InChI is InChI=1S/C20H21N3O4/c1-2-27-16-10-8-15(9-11-16)23-19(25)13-17(20(23)26)21-22-18(24)12-14-6-4-3-5-7-14/h3-11,17,21H,2,12-13H2,1H3,(H,22,24). The molecule has 1 atom stereocenters. The van der Waals surface area contributed by atoms with Gasteiger partial charge in [0.2, 0.25) is 11.8 Å². The monoisotopic (exact) mass is 367 g/mol. The Morgan fingerprint density at radius 3 is 2.48 bits per heavy atom. The second kappa shape index (κ2) is 8.46. The van der Waals surface area contributed by atoms with Crippen LogP contribution in [0.3, 0.4) is 0 Å². The minimum Gasteiger partial charge on any atom is -0.494 e. The van der Waals surface area contributed by atoms with E-state index in [1.54, 1.807) is 24.3 Å². The van der Waals surface area contributed by atoms with Crippen molar-refractivity contribution in [3.05, 3.63) is 60.2 Å². The van der Waals surface area contributed by atoms with Crippen LogP contribution in [-0.4, -0.2) is 30.4 Å². The Bertz CT molecular complexity index is 821. The van der Waals surface area contributed by atoms with E-state index in [1.165, 1.54) is 0 Å². The minimum atomic E-state index is -0.788. The maximum atomic E-state index is 12.6. The fourth-order valence-electron chi connectivity index (χ4n) is 2.87. The number of benzene rings is 2. The second-order valence-electron chi connectivity index (χ2n) is 6.11. The second-order valence-corrected chi connectivity index (χ2v) is 6.11. The van der Waals surface area contributed by atoms with Gasteiger partial charge in [-0.05, 0) is 36.8 Å². The summed E-state index contributed by atoms with van der Waals surface area (Å²) in [6.07, 6.45) is 0.170. The first-order chi connectivity index (χ1) is 13.1. The zero-order valence-corrected chi connectivity index (χ0v) is 15.0. The SMILES string of the molecule is CCOc1ccc(N2C(=O)CC(NNC(=O)Cc3ccccc3)C2=O)cc1. The van der Waals surface area contributed by atoms with Crippen LogP contribution in [0.5, 0.6) is 5.75 Å². The first kappa shape index (κ1) is 18.6. The van der Waals surface area contributed by atoms with Crippen molar-refractivity contribution in [1.29, 1.82) is 0 Å². The Kier molecular flexibility index (Phi) is 5.83. The van der Waals surface area contributed by atoms with Crippen molar-refractivity contribution < 1.29 is 19.1 Å². The van der Waals surface area contributed by atoms with Gasteiger partial charge in [-0.1, -0.05) is 30.3 Å². The zero-order valence-electron chi connectivity index (χ0n) is 15.0. The molecule has 3 amide bonds. The van der Waals surface area contributed by atoms with Crippen molar-refractivity contribution in [2.24, 2.45) is 0 Å². The molecule has 0 radical (unpaired) electrons. The lowest BCUT2D eigenvalue weighted by molar-refractivity contribution is -0.122. The molecule has 1 saturated heterocycles. The van der Waals surface area contributed by atoms with E-state index in [9.17, 15) is 14.4 Å². The number of hydrazine groups is 1. The van der Waals surface area contributed by atoms with E-state index in [4.69, 9.17) is 4.74 Å².